The summed E-state index contributed by atoms with van der Waals surface area (Å²) in [4.78, 5) is 33.8. The van der Waals surface area contributed by atoms with Crippen LogP contribution < -0.4 is 5.32 Å². The lowest BCUT2D eigenvalue weighted by Crippen LogP contribution is -2.50. The quantitative estimate of drug-likeness (QED) is 0.842. The molecule has 1 N–H and O–H groups in total. The van der Waals surface area contributed by atoms with E-state index in [9.17, 15) is 9.59 Å². The van der Waals surface area contributed by atoms with Gasteiger partial charge in [-0.1, -0.05) is 38.1 Å². The van der Waals surface area contributed by atoms with E-state index in [4.69, 9.17) is 0 Å². The summed E-state index contributed by atoms with van der Waals surface area (Å²) in [7, 11) is 0. The second kappa shape index (κ2) is 7.88. The molecule has 1 atom stereocenters. The largest absolute Gasteiger partial charge is 0.324 e. The molecule has 0 saturated carbocycles. The lowest BCUT2D eigenvalue weighted by Gasteiger charge is -2.34. The highest BCUT2D eigenvalue weighted by molar-refractivity contribution is 6.13. The van der Waals surface area contributed by atoms with Crippen LogP contribution in [0.4, 0.5) is 5.69 Å². The van der Waals surface area contributed by atoms with Gasteiger partial charge in [-0.25, -0.2) is 0 Å². The summed E-state index contributed by atoms with van der Waals surface area (Å²) in [5, 5.41) is 3.00. The first-order valence-electron chi connectivity index (χ1n) is 9.35. The number of carbonyl (C=O) groups is 2. The van der Waals surface area contributed by atoms with Crippen LogP contribution in [-0.4, -0.2) is 46.1 Å². The highest BCUT2D eigenvalue weighted by Crippen LogP contribution is 2.27. The van der Waals surface area contributed by atoms with E-state index in [0.717, 1.165) is 30.9 Å². The van der Waals surface area contributed by atoms with Crippen molar-refractivity contribution in [2.45, 2.75) is 39.3 Å². The Morgan fingerprint density at radius 3 is 2.74 bits per heavy atom. The van der Waals surface area contributed by atoms with Crippen molar-refractivity contribution in [3.05, 3.63) is 54.3 Å². The number of fused-ring (bicyclic) bond motifs is 1. The summed E-state index contributed by atoms with van der Waals surface area (Å²) < 4.78 is 0. The Balaban J connectivity index is 1.83. The van der Waals surface area contributed by atoms with Gasteiger partial charge in [-0.05, 0) is 43.8 Å². The molecular weight excluding hydrogens is 340 g/mol. The van der Waals surface area contributed by atoms with E-state index < -0.39 is 5.54 Å². The maximum atomic E-state index is 13.0. The second-order valence-corrected chi connectivity index (χ2v) is 6.96. The Morgan fingerprint density at radius 1 is 1.26 bits per heavy atom. The van der Waals surface area contributed by atoms with Crippen LogP contribution in [0.3, 0.4) is 0 Å². The molecule has 0 saturated heterocycles. The fourth-order valence-corrected chi connectivity index (χ4v) is 3.26. The number of hydrogen-bond acceptors (Lipinski definition) is 4. The molecule has 0 radical (unpaired) electrons. The van der Waals surface area contributed by atoms with Crippen LogP contribution in [0, 0.1) is 0 Å². The predicted octanol–water partition coefficient (Wildman–Crippen LogP) is 2.94. The summed E-state index contributed by atoms with van der Waals surface area (Å²) in [5.74, 6) is 0.107. The lowest BCUT2D eigenvalue weighted by molar-refractivity contribution is -0.132. The first kappa shape index (κ1) is 19.0. The van der Waals surface area contributed by atoms with Gasteiger partial charge < -0.3 is 5.32 Å². The van der Waals surface area contributed by atoms with Crippen molar-refractivity contribution < 1.29 is 9.59 Å². The Kier molecular flexibility index (Phi) is 5.56. The summed E-state index contributed by atoms with van der Waals surface area (Å²) >= 11 is 0. The predicted molar refractivity (Wildman–Crippen MR) is 107 cm³/mol. The molecule has 6 heteroatoms. The van der Waals surface area contributed by atoms with Gasteiger partial charge in [0.1, 0.15) is 11.4 Å². The van der Waals surface area contributed by atoms with E-state index >= 15 is 0 Å². The molecule has 0 fully saturated rings. The van der Waals surface area contributed by atoms with Crippen molar-refractivity contribution in [3.8, 4) is 0 Å². The van der Waals surface area contributed by atoms with Crippen LogP contribution in [0.25, 0.3) is 0 Å². The van der Waals surface area contributed by atoms with Crippen LogP contribution in [0.2, 0.25) is 0 Å². The summed E-state index contributed by atoms with van der Waals surface area (Å²) in [6.45, 7) is 8.59. The van der Waals surface area contributed by atoms with Crippen molar-refractivity contribution in [3.63, 3.8) is 0 Å². The SMILES string of the molecule is CCN(CC)Cc1ccccc1NC(=O)[C@@]1(C)CC(=O)N2C=CC=CC2=N1. The third kappa shape index (κ3) is 4.01. The number of anilines is 1. The third-order valence-corrected chi connectivity index (χ3v) is 5.01. The van der Waals surface area contributed by atoms with Crippen molar-refractivity contribution in [1.29, 1.82) is 0 Å². The molecule has 27 heavy (non-hydrogen) atoms. The minimum absolute atomic E-state index is 0.0404. The maximum Gasteiger partial charge on any atom is 0.252 e. The topological polar surface area (TPSA) is 65.0 Å². The lowest BCUT2D eigenvalue weighted by atomic mass is 9.93. The van der Waals surface area contributed by atoms with Gasteiger partial charge in [0.2, 0.25) is 5.91 Å². The number of aliphatic imine (C=N–C) groups is 1. The monoisotopic (exact) mass is 366 g/mol. The average Bonchev–Trinajstić information content (AvgIpc) is 2.67. The van der Waals surface area contributed by atoms with Crippen LogP contribution >= 0.6 is 0 Å². The Bertz CT molecular complexity index is 823. The number of carbonyl (C=O) groups excluding carboxylic acids is 2. The van der Waals surface area contributed by atoms with E-state index in [1.54, 1.807) is 25.3 Å². The molecule has 1 aromatic carbocycles. The molecule has 2 heterocycles. The molecule has 0 unspecified atom stereocenters. The average molecular weight is 366 g/mol. The number of nitrogens with zero attached hydrogens (tertiary/aromatic N) is 3. The van der Waals surface area contributed by atoms with Gasteiger partial charge in [-0.2, -0.15) is 0 Å². The van der Waals surface area contributed by atoms with E-state index in [0.29, 0.717) is 5.84 Å². The van der Waals surface area contributed by atoms with Gasteiger partial charge in [-0.15, -0.1) is 0 Å². The van der Waals surface area contributed by atoms with E-state index in [1.807, 2.05) is 30.3 Å². The molecule has 3 rings (SSSR count). The standard InChI is InChI=1S/C21H26N4O2/c1-4-24(5-2)15-16-10-6-7-11-17(16)22-20(27)21(3)14-19(26)25-13-9-8-12-18(25)23-21/h6-13H,4-5,14-15H2,1-3H3,(H,22,27)/t21-/m1/s1. The van der Waals surface area contributed by atoms with Crippen molar-refractivity contribution in [2.75, 3.05) is 18.4 Å². The number of amidine groups is 1. The number of amides is 2. The zero-order valence-corrected chi connectivity index (χ0v) is 16.1. The Labute approximate surface area is 160 Å². The van der Waals surface area contributed by atoms with Crippen LogP contribution in [-0.2, 0) is 16.1 Å². The highest BCUT2D eigenvalue weighted by Gasteiger charge is 2.41. The molecule has 142 valence electrons. The van der Waals surface area contributed by atoms with Gasteiger partial charge in [0, 0.05) is 18.4 Å². The van der Waals surface area contributed by atoms with Gasteiger partial charge >= 0.3 is 0 Å². The normalized spacial score (nSPS) is 21.3. The van der Waals surface area contributed by atoms with Crippen LogP contribution in [0.5, 0.6) is 0 Å². The Hall–Kier alpha value is -2.73. The fraction of sp³-hybridized carbons (Fsp3) is 0.381. The van der Waals surface area contributed by atoms with Crippen LogP contribution in [0.15, 0.2) is 53.7 Å². The molecular formula is C21H26N4O2. The third-order valence-electron chi connectivity index (χ3n) is 5.01. The molecule has 0 aromatic heterocycles. The minimum Gasteiger partial charge on any atom is -0.324 e. The van der Waals surface area contributed by atoms with Crippen molar-refractivity contribution >= 4 is 23.3 Å². The first-order chi connectivity index (χ1) is 13.0. The molecule has 1 aromatic rings. The number of benzene rings is 1. The van der Waals surface area contributed by atoms with Gasteiger partial charge in [-0.3, -0.25) is 24.4 Å². The number of allylic oxidation sites excluding steroid dienone is 2. The summed E-state index contributed by atoms with van der Waals surface area (Å²) in [6, 6.07) is 7.79. The van der Waals surface area contributed by atoms with Crippen molar-refractivity contribution in [2.24, 2.45) is 4.99 Å². The van der Waals surface area contributed by atoms with Gasteiger partial charge in [0.15, 0.2) is 0 Å². The molecule has 2 aliphatic heterocycles. The molecule has 6 nitrogen and oxygen atoms in total. The summed E-state index contributed by atoms with van der Waals surface area (Å²) in [6.07, 6.45) is 7.06. The highest BCUT2D eigenvalue weighted by atomic mass is 16.2. The van der Waals surface area contributed by atoms with E-state index in [1.165, 1.54) is 4.90 Å². The first-order valence-corrected chi connectivity index (χ1v) is 9.35. The molecule has 0 aliphatic carbocycles. The molecule has 0 bridgehead atoms. The van der Waals surface area contributed by atoms with E-state index in [2.05, 4.69) is 29.1 Å². The van der Waals surface area contributed by atoms with Crippen LogP contribution in [0.1, 0.15) is 32.8 Å². The van der Waals surface area contributed by atoms with E-state index in [-0.39, 0.29) is 18.2 Å². The Morgan fingerprint density at radius 2 is 2.00 bits per heavy atom. The second-order valence-electron chi connectivity index (χ2n) is 6.96. The van der Waals surface area contributed by atoms with Gasteiger partial charge in [0.05, 0.1) is 6.42 Å². The zero-order chi connectivity index (χ0) is 19.4. The number of nitrogens with one attached hydrogen (secondary N) is 1. The number of para-hydroxylation sites is 1. The zero-order valence-electron chi connectivity index (χ0n) is 16.1. The minimum atomic E-state index is -1.12. The van der Waals surface area contributed by atoms with Crippen molar-refractivity contribution in [1.82, 2.24) is 9.80 Å². The fourth-order valence-electron chi connectivity index (χ4n) is 3.26. The number of rotatable bonds is 6. The number of hydrogen-bond donors (Lipinski definition) is 1. The smallest absolute Gasteiger partial charge is 0.252 e. The molecule has 2 aliphatic rings. The molecule has 2 amide bonds. The van der Waals surface area contributed by atoms with Gasteiger partial charge in [0.25, 0.3) is 5.91 Å². The molecule has 0 spiro atoms. The summed E-state index contributed by atoms with van der Waals surface area (Å²) in [5.41, 5.74) is 0.695. The maximum absolute atomic E-state index is 13.0.